The zero-order valence-corrected chi connectivity index (χ0v) is 20.1. The Bertz CT molecular complexity index is 1170. The molecule has 2 heterocycles. The third-order valence-corrected chi connectivity index (χ3v) is 8.18. The van der Waals surface area contributed by atoms with Crippen molar-refractivity contribution in [2.24, 2.45) is 0 Å². The first-order chi connectivity index (χ1) is 17.0. The average Bonchev–Trinajstić information content (AvgIpc) is 3.15. The second-order valence-corrected chi connectivity index (χ2v) is 10.2. The molecule has 1 saturated heterocycles. The van der Waals surface area contributed by atoms with E-state index in [1.54, 1.807) is 12.1 Å². The Morgan fingerprint density at radius 2 is 2.08 bits per heavy atom. The van der Waals surface area contributed by atoms with Crippen molar-refractivity contribution in [2.75, 3.05) is 13.6 Å². The topological polar surface area (TPSA) is 166 Å². The molecule has 36 heavy (non-hydrogen) atoms. The lowest BCUT2D eigenvalue weighted by Gasteiger charge is -2.56. The van der Waals surface area contributed by atoms with Crippen molar-refractivity contribution >= 4 is 17.8 Å². The van der Waals surface area contributed by atoms with Gasteiger partial charge in [-0.05, 0) is 57.5 Å². The summed E-state index contributed by atoms with van der Waals surface area (Å²) in [7, 11) is 1.99. The van der Waals surface area contributed by atoms with Gasteiger partial charge in [-0.15, -0.1) is 0 Å². The van der Waals surface area contributed by atoms with Crippen LogP contribution in [-0.4, -0.2) is 86.7 Å². The van der Waals surface area contributed by atoms with Crippen LogP contribution >= 0.6 is 0 Å². The molecule has 11 heteroatoms. The fourth-order valence-corrected chi connectivity index (χ4v) is 6.52. The predicted molar refractivity (Wildman–Crippen MR) is 123 cm³/mol. The highest BCUT2D eigenvalue weighted by atomic mass is 16.6. The zero-order valence-electron chi connectivity index (χ0n) is 20.1. The van der Waals surface area contributed by atoms with E-state index in [1.165, 1.54) is 6.92 Å². The van der Waals surface area contributed by atoms with Gasteiger partial charge in [-0.2, -0.15) is 0 Å². The number of aromatic hydroxyl groups is 1. The number of nitrogens with zero attached hydrogens (tertiary/aromatic N) is 1. The number of ether oxygens (including phenoxy) is 2. The van der Waals surface area contributed by atoms with E-state index in [0.717, 1.165) is 24.1 Å². The van der Waals surface area contributed by atoms with Gasteiger partial charge in [0.2, 0.25) is 5.91 Å². The van der Waals surface area contributed by atoms with Crippen molar-refractivity contribution in [2.45, 2.75) is 74.3 Å². The van der Waals surface area contributed by atoms with Gasteiger partial charge >= 0.3 is 11.9 Å². The lowest BCUT2D eigenvalue weighted by atomic mass is 9.52. The Balaban J connectivity index is 1.46. The molecule has 1 aromatic carbocycles. The highest BCUT2D eigenvalue weighted by Crippen LogP contribution is 2.64. The summed E-state index contributed by atoms with van der Waals surface area (Å²) in [5, 5.41) is 43.6. The Morgan fingerprint density at radius 1 is 1.33 bits per heavy atom. The summed E-state index contributed by atoms with van der Waals surface area (Å²) in [5.41, 5.74) is -0.403. The Hall–Kier alpha value is -3.15. The summed E-state index contributed by atoms with van der Waals surface area (Å²) in [6.07, 6.45) is 0.285. The fraction of sp³-hybridized carbons (Fsp3) is 0.560. The minimum Gasteiger partial charge on any atom is -0.504 e. The molecule has 194 valence electrons. The van der Waals surface area contributed by atoms with E-state index in [2.05, 4.69) is 10.2 Å². The van der Waals surface area contributed by atoms with Crippen molar-refractivity contribution in [1.82, 2.24) is 10.2 Å². The van der Waals surface area contributed by atoms with Crippen molar-refractivity contribution in [3.63, 3.8) is 0 Å². The van der Waals surface area contributed by atoms with Gasteiger partial charge in [0.25, 0.3) is 0 Å². The van der Waals surface area contributed by atoms with Gasteiger partial charge in [0.05, 0.1) is 17.4 Å². The molecule has 2 bridgehead atoms. The van der Waals surface area contributed by atoms with Crippen LogP contribution in [0, 0.1) is 0 Å². The molecule has 1 aromatic rings. The smallest absolute Gasteiger partial charge is 0.333 e. The summed E-state index contributed by atoms with van der Waals surface area (Å²) in [4.78, 5) is 37.9. The number of carbonyl (C=O) groups excluding carboxylic acids is 2. The number of carboxylic acids is 1. The fourth-order valence-electron chi connectivity index (χ4n) is 6.52. The van der Waals surface area contributed by atoms with Gasteiger partial charge in [0.1, 0.15) is 17.9 Å². The zero-order chi connectivity index (χ0) is 26.0. The van der Waals surface area contributed by atoms with E-state index >= 15 is 0 Å². The molecule has 0 saturated carbocycles. The molecule has 0 radical (unpaired) electrons. The first-order valence-electron chi connectivity index (χ1n) is 12.1. The molecule has 11 nitrogen and oxygen atoms in total. The largest absolute Gasteiger partial charge is 0.504 e. The number of likely N-dealkylation sites (N-methyl/N-ethyl adjacent to an activating group) is 1. The van der Waals surface area contributed by atoms with Crippen molar-refractivity contribution < 1.29 is 44.3 Å². The summed E-state index contributed by atoms with van der Waals surface area (Å²) < 4.78 is 11.9. The monoisotopic (exact) mass is 502 g/mol. The molecule has 1 amide bonds. The van der Waals surface area contributed by atoms with Crippen LogP contribution in [0.1, 0.15) is 43.7 Å². The minimum atomic E-state index is -1.81. The van der Waals surface area contributed by atoms with Crippen molar-refractivity contribution in [1.29, 1.82) is 0 Å². The van der Waals surface area contributed by atoms with Crippen LogP contribution in [0.5, 0.6) is 11.5 Å². The maximum Gasteiger partial charge on any atom is 0.333 e. The van der Waals surface area contributed by atoms with E-state index in [-0.39, 0.29) is 24.0 Å². The summed E-state index contributed by atoms with van der Waals surface area (Å²) >= 11 is 0. The molecule has 4 aliphatic rings. The molecule has 5 N–H and O–H groups in total. The maximum atomic E-state index is 12.9. The molecule has 2 aliphatic carbocycles. The third-order valence-electron chi connectivity index (χ3n) is 8.18. The number of likely N-dealkylation sites (tertiary alicyclic amines) is 1. The lowest BCUT2D eigenvalue weighted by molar-refractivity contribution is -0.153. The number of amides is 1. The Morgan fingerprint density at radius 3 is 2.81 bits per heavy atom. The van der Waals surface area contributed by atoms with Gasteiger partial charge in [-0.1, -0.05) is 6.07 Å². The second-order valence-electron chi connectivity index (χ2n) is 10.2. The van der Waals surface area contributed by atoms with E-state index in [0.29, 0.717) is 18.6 Å². The van der Waals surface area contributed by atoms with Crippen LogP contribution in [0.15, 0.2) is 24.0 Å². The quantitative estimate of drug-likeness (QED) is 0.333. The van der Waals surface area contributed by atoms with E-state index in [4.69, 9.17) is 14.6 Å². The number of rotatable bonds is 6. The number of aliphatic carboxylic acids is 1. The molecule has 0 unspecified atom stereocenters. The number of benzene rings is 1. The molecule has 0 aromatic heterocycles. The van der Waals surface area contributed by atoms with Crippen LogP contribution in [0.25, 0.3) is 0 Å². The van der Waals surface area contributed by atoms with Gasteiger partial charge < -0.3 is 40.1 Å². The van der Waals surface area contributed by atoms with Gasteiger partial charge in [-0.3, -0.25) is 9.59 Å². The Kier molecular flexibility index (Phi) is 5.77. The van der Waals surface area contributed by atoms with Crippen molar-refractivity contribution in [3.8, 4) is 11.5 Å². The molecule has 2 aliphatic heterocycles. The van der Waals surface area contributed by atoms with Gasteiger partial charge in [-0.25, -0.2) is 4.79 Å². The van der Waals surface area contributed by atoms with E-state index < -0.39 is 53.5 Å². The molecule has 1 fully saturated rings. The Labute approximate surface area is 207 Å². The van der Waals surface area contributed by atoms with Crippen LogP contribution in [-0.2, 0) is 31.0 Å². The first-order valence-corrected chi connectivity index (χ1v) is 12.1. The standard InChI is InChI=1S/C25H30N2O9/c1-12(26-22(32)15(29)11-18(30)31)23(33)35-16-6-8-25(34)17-10-13-4-5-14(28)20-19(13)24(25,21(16)36-20)7-3-9-27(17)2/h4-6,12,15,17,21,28-29,34H,3,7-11H2,1-2H3,(H,26,32)(H,30,31)/t12-,15-,17+,21-,24-,25+/m0/s1. The second kappa shape index (κ2) is 8.46. The van der Waals surface area contributed by atoms with Gasteiger partial charge in [0, 0.05) is 18.0 Å². The molecular weight excluding hydrogens is 472 g/mol. The number of phenolic OH excluding ortho intramolecular Hbond substituents is 1. The summed E-state index contributed by atoms with van der Waals surface area (Å²) in [6, 6.07) is 2.05. The normalized spacial score (nSPS) is 31.7. The van der Waals surface area contributed by atoms with Crippen LogP contribution in [0.4, 0.5) is 0 Å². The molecule has 5 rings (SSSR count). The number of esters is 1. The number of phenols is 1. The number of carbonyl (C=O) groups is 3. The third kappa shape index (κ3) is 3.40. The maximum absolute atomic E-state index is 12.9. The lowest BCUT2D eigenvalue weighted by Crippen LogP contribution is -2.69. The van der Waals surface area contributed by atoms with Gasteiger partial charge in [0.15, 0.2) is 17.6 Å². The SMILES string of the molecule is C[C@H](NC(=O)[C@@H](O)CC(=O)O)C(=O)OC1=CC[C@@]2(O)[C@H]3Cc4ccc(O)c5c4[C@@]2(CCCN3C)[C@H]1O5. The van der Waals surface area contributed by atoms with Crippen LogP contribution in [0.2, 0.25) is 0 Å². The number of aliphatic hydroxyl groups is 2. The summed E-state index contributed by atoms with van der Waals surface area (Å²) in [5.74, 6) is -2.76. The average molecular weight is 503 g/mol. The molecule has 6 atom stereocenters. The van der Waals surface area contributed by atoms with Crippen LogP contribution < -0.4 is 10.1 Å². The number of carboxylic acid groups (broad SMARTS) is 1. The minimum absolute atomic E-state index is 0.0466. The molecule has 1 spiro atoms. The number of hydrogen-bond acceptors (Lipinski definition) is 9. The van der Waals surface area contributed by atoms with E-state index in [9.17, 15) is 29.7 Å². The number of hydrogen-bond donors (Lipinski definition) is 5. The predicted octanol–water partition coefficient (Wildman–Crippen LogP) is -0.0565. The number of aliphatic hydroxyl groups excluding tert-OH is 1. The highest BCUT2D eigenvalue weighted by molar-refractivity contribution is 5.89. The van der Waals surface area contributed by atoms with Crippen LogP contribution in [0.3, 0.4) is 0 Å². The summed E-state index contributed by atoms with van der Waals surface area (Å²) in [6.45, 7) is 2.13. The number of nitrogens with one attached hydrogen (secondary N) is 1. The van der Waals surface area contributed by atoms with E-state index in [1.807, 2.05) is 13.1 Å². The highest BCUT2D eigenvalue weighted by Gasteiger charge is 2.71. The first kappa shape index (κ1) is 24.5. The molecular formula is C25H30N2O9. The van der Waals surface area contributed by atoms with Crippen molar-refractivity contribution in [3.05, 3.63) is 35.1 Å².